The third kappa shape index (κ3) is 2.25. The summed E-state index contributed by atoms with van der Waals surface area (Å²) >= 11 is 0. The largest absolute Gasteiger partial charge is 0.481 e. The number of allylic oxidation sites excluding steroid dienone is 6. The zero-order valence-corrected chi connectivity index (χ0v) is 15.0. The molecule has 4 aliphatic carbocycles. The molecule has 6 atom stereocenters. The second-order valence-electron chi connectivity index (χ2n) is 8.98. The summed E-state index contributed by atoms with van der Waals surface area (Å²) in [6.45, 7) is 4.90. The number of carboxylic acids is 1. The molecular formula is C22H30O2. The van der Waals surface area contributed by atoms with Crippen molar-refractivity contribution in [1.82, 2.24) is 0 Å². The van der Waals surface area contributed by atoms with Crippen molar-refractivity contribution in [3.05, 3.63) is 36.0 Å². The van der Waals surface area contributed by atoms with Gasteiger partial charge >= 0.3 is 5.97 Å². The molecule has 0 aromatic rings. The molecule has 0 amide bonds. The molecule has 130 valence electrons. The van der Waals surface area contributed by atoms with E-state index in [4.69, 9.17) is 5.11 Å². The number of aliphatic carboxylic acids is 1. The lowest BCUT2D eigenvalue weighted by atomic mass is 9.49. The van der Waals surface area contributed by atoms with Gasteiger partial charge in [0.1, 0.15) is 0 Å². The number of carbonyl (C=O) groups is 1. The monoisotopic (exact) mass is 326 g/mol. The van der Waals surface area contributed by atoms with Crippen LogP contribution in [0.4, 0.5) is 0 Å². The quantitative estimate of drug-likeness (QED) is 0.708. The molecule has 0 spiro atoms. The summed E-state index contributed by atoms with van der Waals surface area (Å²) in [7, 11) is 0. The average Bonchev–Trinajstić information content (AvgIpc) is 2.89. The minimum Gasteiger partial charge on any atom is -0.481 e. The Morgan fingerprint density at radius 2 is 2.08 bits per heavy atom. The third-order valence-corrected chi connectivity index (χ3v) is 8.06. The Bertz CT molecular complexity index is 628. The van der Waals surface area contributed by atoms with Crippen LogP contribution < -0.4 is 0 Å². The summed E-state index contributed by atoms with van der Waals surface area (Å²) in [5.41, 5.74) is 2.09. The van der Waals surface area contributed by atoms with Gasteiger partial charge in [0.2, 0.25) is 0 Å². The molecule has 0 aromatic carbocycles. The van der Waals surface area contributed by atoms with E-state index in [1.54, 1.807) is 0 Å². The van der Waals surface area contributed by atoms with E-state index in [2.05, 4.69) is 44.2 Å². The lowest BCUT2D eigenvalue weighted by Gasteiger charge is -2.55. The Kier molecular flexibility index (Phi) is 3.78. The first-order valence-electron chi connectivity index (χ1n) is 9.73. The van der Waals surface area contributed by atoms with Gasteiger partial charge in [0.05, 0.1) is 0 Å². The molecule has 4 rings (SSSR count). The van der Waals surface area contributed by atoms with Gasteiger partial charge in [-0.25, -0.2) is 0 Å². The van der Waals surface area contributed by atoms with Crippen LogP contribution in [0.5, 0.6) is 0 Å². The maximum Gasteiger partial charge on any atom is 0.303 e. The lowest BCUT2D eigenvalue weighted by molar-refractivity contribution is -0.137. The normalized spacial score (nSPS) is 46.0. The van der Waals surface area contributed by atoms with E-state index in [0.717, 1.165) is 24.7 Å². The van der Waals surface area contributed by atoms with Crippen LogP contribution in [0.15, 0.2) is 36.0 Å². The molecule has 2 fully saturated rings. The van der Waals surface area contributed by atoms with Crippen LogP contribution in [0, 0.1) is 34.5 Å². The Labute approximate surface area is 145 Å². The maximum absolute atomic E-state index is 11.0. The van der Waals surface area contributed by atoms with Crippen LogP contribution in [-0.2, 0) is 4.79 Å². The highest BCUT2D eigenvalue weighted by molar-refractivity contribution is 5.66. The van der Waals surface area contributed by atoms with Crippen molar-refractivity contribution in [3.63, 3.8) is 0 Å². The third-order valence-electron chi connectivity index (χ3n) is 8.06. The Balaban J connectivity index is 1.61. The van der Waals surface area contributed by atoms with Gasteiger partial charge in [-0.3, -0.25) is 4.79 Å². The molecule has 0 bridgehead atoms. The highest BCUT2D eigenvalue weighted by atomic mass is 16.4. The number of carboxylic acid groups (broad SMARTS) is 1. The van der Waals surface area contributed by atoms with Gasteiger partial charge in [0, 0.05) is 11.8 Å². The van der Waals surface area contributed by atoms with Gasteiger partial charge in [0.25, 0.3) is 0 Å². The van der Waals surface area contributed by atoms with Gasteiger partial charge in [-0.2, -0.15) is 0 Å². The molecule has 0 aliphatic heterocycles. The number of hydrogen-bond acceptors (Lipinski definition) is 1. The second-order valence-corrected chi connectivity index (χ2v) is 8.98. The number of fused-ring (bicyclic) bond motifs is 5. The van der Waals surface area contributed by atoms with Gasteiger partial charge in [0.15, 0.2) is 0 Å². The average molecular weight is 326 g/mol. The Hall–Kier alpha value is -1.31. The fraction of sp³-hybridized carbons (Fsp3) is 0.682. The van der Waals surface area contributed by atoms with Crippen LogP contribution >= 0.6 is 0 Å². The SMILES string of the molecule is C[C@]12CC[C@H]3[C@@H](C=CC4=CCC=C[C@@]43C)[C@@H]1CC[C@@H]2CCC(=O)O. The standard InChI is InChI=1S/C22H30O2/c1-21-13-4-3-5-15(21)6-9-17-18-10-7-16(8-11-20(23)24)22(18,2)14-12-19(17)21/h4-6,9,13,16-19H,3,7-8,10-12,14H2,1-2H3,(H,23,24)/t16-,17+,18+,19+,21+,22-/m1/s1. The number of rotatable bonds is 3. The molecule has 0 heterocycles. The zero-order valence-electron chi connectivity index (χ0n) is 15.0. The highest BCUT2D eigenvalue weighted by Crippen LogP contribution is 2.65. The van der Waals surface area contributed by atoms with E-state index in [1.807, 2.05) is 0 Å². The topological polar surface area (TPSA) is 37.3 Å². The Morgan fingerprint density at radius 3 is 2.88 bits per heavy atom. The van der Waals surface area contributed by atoms with E-state index >= 15 is 0 Å². The van der Waals surface area contributed by atoms with Crippen molar-refractivity contribution >= 4 is 5.97 Å². The predicted molar refractivity (Wildman–Crippen MR) is 96.5 cm³/mol. The van der Waals surface area contributed by atoms with Gasteiger partial charge < -0.3 is 5.11 Å². The van der Waals surface area contributed by atoms with E-state index in [0.29, 0.717) is 23.7 Å². The summed E-state index contributed by atoms with van der Waals surface area (Å²) in [4.78, 5) is 11.0. The smallest absolute Gasteiger partial charge is 0.303 e. The molecule has 4 aliphatic rings. The predicted octanol–water partition coefficient (Wildman–Crippen LogP) is 5.37. The molecule has 2 nitrogen and oxygen atoms in total. The minimum atomic E-state index is -0.636. The molecule has 2 saturated carbocycles. The summed E-state index contributed by atoms with van der Waals surface area (Å²) in [6, 6.07) is 0. The molecule has 1 N–H and O–H groups in total. The molecular weight excluding hydrogens is 296 g/mol. The first-order valence-corrected chi connectivity index (χ1v) is 9.73. The van der Waals surface area contributed by atoms with Crippen molar-refractivity contribution < 1.29 is 9.90 Å². The van der Waals surface area contributed by atoms with E-state index in [9.17, 15) is 4.79 Å². The van der Waals surface area contributed by atoms with Gasteiger partial charge in [-0.05, 0) is 73.2 Å². The van der Waals surface area contributed by atoms with E-state index in [-0.39, 0.29) is 5.41 Å². The summed E-state index contributed by atoms with van der Waals surface area (Å²) in [5.74, 6) is 2.09. The first-order chi connectivity index (χ1) is 11.4. The molecule has 0 radical (unpaired) electrons. The van der Waals surface area contributed by atoms with Crippen LogP contribution in [0.3, 0.4) is 0 Å². The van der Waals surface area contributed by atoms with Crippen LogP contribution in [0.25, 0.3) is 0 Å². The van der Waals surface area contributed by atoms with Gasteiger partial charge in [-0.1, -0.05) is 44.2 Å². The van der Waals surface area contributed by atoms with Crippen LogP contribution in [0.1, 0.15) is 58.8 Å². The molecule has 0 saturated heterocycles. The van der Waals surface area contributed by atoms with Crippen molar-refractivity contribution in [1.29, 1.82) is 0 Å². The Morgan fingerprint density at radius 1 is 1.25 bits per heavy atom. The highest BCUT2D eigenvalue weighted by Gasteiger charge is 2.56. The van der Waals surface area contributed by atoms with Crippen LogP contribution in [0.2, 0.25) is 0 Å². The van der Waals surface area contributed by atoms with Crippen molar-refractivity contribution in [2.75, 3.05) is 0 Å². The zero-order chi connectivity index (χ0) is 16.9. The summed E-state index contributed by atoms with van der Waals surface area (Å²) in [5, 5.41) is 9.08. The fourth-order valence-corrected chi connectivity index (χ4v) is 6.67. The molecule has 24 heavy (non-hydrogen) atoms. The van der Waals surface area contributed by atoms with E-state index in [1.165, 1.54) is 31.3 Å². The summed E-state index contributed by atoms with van der Waals surface area (Å²) < 4.78 is 0. The second kappa shape index (κ2) is 5.61. The van der Waals surface area contributed by atoms with Gasteiger partial charge in [-0.15, -0.1) is 0 Å². The molecule has 0 unspecified atom stereocenters. The van der Waals surface area contributed by atoms with Crippen molar-refractivity contribution in [3.8, 4) is 0 Å². The number of hydrogen-bond donors (Lipinski definition) is 1. The fourth-order valence-electron chi connectivity index (χ4n) is 6.67. The maximum atomic E-state index is 11.0. The van der Waals surface area contributed by atoms with Crippen molar-refractivity contribution in [2.24, 2.45) is 34.5 Å². The molecule has 2 heteroatoms. The lowest BCUT2D eigenvalue weighted by Crippen LogP contribution is -2.47. The minimum absolute atomic E-state index is 0.220. The first kappa shape index (κ1) is 16.2. The van der Waals surface area contributed by atoms with Crippen LogP contribution in [-0.4, -0.2) is 11.1 Å². The molecule has 0 aromatic heterocycles. The van der Waals surface area contributed by atoms with E-state index < -0.39 is 5.97 Å². The van der Waals surface area contributed by atoms with Crippen molar-refractivity contribution in [2.45, 2.75) is 58.8 Å². The summed E-state index contributed by atoms with van der Waals surface area (Å²) in [6.07, 6.45) is 19.5.